The molecule has 3 atom stereocenters. The standard InChI is InChI=1S/C27H38ClP/c1-25(2,3)27(11-10-22-7-4-5-8-23(22)27)24(9-6-12-29-28)26-16-19-13-20(17-26)15-21(14-19)18-26/h4-5,7-8,10-11,19-21,24,29H,6,9,12-18H2,1-3H3. The minimum atomic E-state index is 0.157. The van der Waals surface area contributed by atoms with Crippen molar-refractivity contribution in [1.82, 2.24) is 0 Å². The van der Waals surface area contributed by atoms with E-state index in [0.717, 1.165) is 23.7 Å². The van der Waals surface area contributed by atoms with Gasteiger partial charge in [-0.2, -0.15) is 0 Å². The van der Waals surface area contributed by atoms with E-state index in [1.807, 2.05) is 0 Å². The van der Waals surface area contributed by atoms with Gasteiger partial charge in [0, 0.05) is 5.41 Å². The molecule has 158 valence electrons. The van der Waals surface area contributed by atoms with Crippen molar-refractivity contribution in [3.8, 4) is 0 Å². The van der Waals surface area contributed by atoms with Crippen LogP contribution >= 0.6 is 19.2 Å². The van der Waals surface area contributed by atoms with Crippen molar-refractivity contribution >= 4 is 25.3 Å². The molecule has 0 aliphatic heterocycles. The van der Waals surface area contributed by atoms with E-state index < -0.39 is 0 Å². The summed E-state index contributed by atoms with van der Waals surface area (Å²) in [6.45, 7) is 7.53. The van der Waals surface area contributed by atoms with Crippen molar-refractivity contribution in [2.45, 2.75) is 77.6 Å². The van der Waals surface area contributed by atoms with Crippen molar-refractivity contribution in [2.75, 3.05) is 6.16 Å². The van der Waals surface area contributed by atoms with Crippen molar-refractivity contribution in [3.63, 3.8) is 0 Å². The highest BCUT2D eigenvalue weighted by Crippen LogP contribution is 2.69. The van der Waals surface area contributed by atoms with Crippen LogP contribution in [0.2, 0.25) is 0 Å². The first kappa shape index (κ1) is 20.6. The average Bonchev–Trinajstić information content (AvgIpc) is 3.04. The lowest BCUT2D eigenvalue weighted by Gasteiger charge is -2.64. The van der Waals surface area contributed by atoms with E-state index in [9.17, 15) is 0 Å². The fraction of sp³-hybridized carbons (Fsp3) is 0.704. The lowest BCUT2D eigenvalue weighted by atomic mass is 9.40. The van der Waals surface area contributed by atoms with Crippen molar-refractivity contribution in [1.29, 1.82) is 0 Å². The van der Waals surface area contributed by atoms with Gasteiger partial charge in [-0.05, 0) is 111 Å². The summed E-state index contributed by atoms with van der Waals surface area (Å²) in [5, 5.41) is 0. The van der Waals surface area contributed by atoms with E-state index in [-0.39, 0.29) is 10.8 Å². The Labute approximate surface area is 184 Å². The molecule has 29 heavy (non-hydrogen) atoms. The van der Waals surface area contributed by atoms with Gasteiger partial charge in [-0.1, -0.05) is 57.2 Å². The average molecular weight is 429 g/mol. The first-order chi connectivity index (χ1) is 13.9. The maximum atomic E-state index is 6.18. The third-order valence-corrected chi connectivity index (χ3v) is 10.4. The highest BCUT2D eigenvalue weighted by Gasteiger charge is 2.61. The number of hydrogen-bond donors (Lipinski definition) is 0. The second-order valence-electron chi connectivity index (χ2n) is 11.9. The van der Waals surface area contributed by atoms with Crippen LogP contribution in [0.3, 0.4) is 0 Å². The molecule has 0 radical (unpaired) electrons. The molecule has 4 saturated carbocycles. The number of fused-ring (bicyclic) bond motifs is 1. The van der Waals surface area contributed by atoms with Crippen LogP contribution in [0.15, 0.2) is 30.3 Å². The predicted octanol–water partition coefficient (Wildman–Crippen LogP) is 8.44. The van der Waals surface area contributed by atoms with E-state index in [1.54, 1.807) is 5.56 Å². The summed E-state index contributed by atoms with van der Waals surface area (Å²) in [7, 11) is 0.574. The SMILES string of the molecule is CC(C)(C)C1(C(CCCPCl)C23CC4CC(CC(C4)C2)C3)C=Cc2ccccc21. The number of hydrogen-bond acceptors (Lipinski definition) is 0. The normalized spacial score (nSPS) is 38.8. The van der Waals surface area contributed by atoms with E-state index in [2.05, 4.69) is 57.2 Å². The Balaban J connectivity index is 1.63. The van der Waals surface area contributed by atoms with E-state index >= 15 is 0 Å². The van der Waals surface area contributed by atoms with Crippen LogP contribution < -0.4 is 0 Å². The number of benzene rings is 1. The molecule has 4 bridgehead atoms. The Morgan fingerprint density at radius 1 is 1.03 bits per heavy atom. The van der Waals surface area contributed by atoms with Gasteiger partial charge >= 0.3 is 0 Å². The topological polar surface area (TPSA) is 0 Å². The van der Waals surface area contributed by atoms with Crippen LogP contribution in [0.1, 0.15) is 83.3 Å². The molecule has 1 aromatic rings. The number of allylic oxidation sites excluding steroid dienone is 1. The molecule has 0 heterocycles. The molecule has 4 fully saturated rings. The molecular formula is C27H38ClP. The Kier molecular flexibility index (Phi) is 5.23. The second kappa shape index (κ2) is 7.38. The lowest BCUT2D eigenvalue weighted by molar-refractivity contribution is -0.116. The third kappa shape index (κ3) is 3.19. The molecular weight excluding hydrogens is 391 g/mol. The summed E-state index contributed by atoms with van der Waals surface area (Å²) in [6, 6.07) is 9.30. The van der Waals surface area contributed by atoms with Gasteiger partial charge in [-0.25, -0.2) is 0 Å². The number of halogens is 1. The first-order valence-electron chi connectivity index (χ1n) is 12.0. The van der Waals surface area contributed by atoms with Gasteiger partial charge in [-0.3, -0.25) is 0 Å². The molecule has 0 saturated heterocycles. The van der Waals surface area contributed by atoms with Gasteiger partial charge in [0.05, 0.1) is 0 Å². The largest absolute Gasteiger partial charge is 0.100 e. The molecule has 5 aliphatic carbocycles. The number of rotatable bonds is 6. The molecule has 6 rings (SSSR count). The molecule has 2 heteroatoms. The summed E-state index contributed by atoms with van der Waals surface area (Å²) >= 11 is 6.18. The predicted molar refractivity (Wildman–Crippen MR) is 129 cm³/mol. The molecule has 1 aromatic carbocycles. The highest BCUT2D eigenvalue weighted by molar-refractivity contribution is 7.68. The second-order valence-corrected chi connectivity index (χ2v) is 13.5. The summed E-state index contributed by atoms with van der Waals surface area (Å²) in [5.74, 6) is 3.78. The van der Waals surface area contributed by atoms with Crippen LogP contribution in [0.25, 0.3) is 6.08 Å². The Morgan fingerprint density at radius 2 is 1.66 bits per heavy atom. The smallest absolute Gasteiger partial charge is 0.0223 e. The van der Waals surface area contributed by atoms with Crippen molar-refractivity contribution in [2.24, 2.45) is 34.5 Å². The van der Waals surface area contributed by atoms with Crippen LogP contribution in [0.5, 0.6) is 0 Å². The highest BCUT2D eigenvalue weighted by atomic mass is 35.7. The maximum Gasteiger partial charge on any atom is 0.0223 e. The van der Waals surface area contributed by atoms with Crippen molar-refractivity contribution < 1.29 is 0 Å². The zero-order chi connectivity index (χ0) is 20.3. The van der Waals surface area contributed by atoms with Crippen LogP contribution in [0, 0.1) is 34.5 Å². The molecule has 0 nitrogen and oxygen atoms in total. The molecule has 5 aliphatic rings. The van der Waals surface area contributed by atoms with Gasteiger partial charge < -0.3 is 0 Å². The van der Waals surface area contributed by atoms with Gasteiger partial charge in [0.1, 0.15) is 0 Å². The summed E-state index contributed by atoms with van der Waals surface area (Å²) in [5.41, 5.74) is 4.01. The molecule has 3 unspecified atom stereocenters. The van der Waals surface area contributed by atoms with Gasteiger partial charge in [0.15, 0.2) is 0 Å². The minimum absolute atomic E-state index is 0.157. The van der Waals surface area contributed by atoms with Crippen LogP contribution in [0.4, 0.5) is 0 Å². The Morgan fingerprint density at radius 3 is 2.24 bits per heavy atom. The monoisotopic (exact) mass is 428 g/mol. The van der Waals surface area contributed by atoms with Gasteiger partial charge in [0.25, 0.3) is 0 Å². The van der Waals surface area contributed by atoms with Gasteiger partial charge in [-0.15, -0.1) is 11.2 Å². The van der Waals surface area contributed by atoms with E-state index in [1.165, 1.54) is 63.1 Å². The summed E-state index contributed by atoms with van der Waals surface area (Å²) in [6.07, 6.45) is 18.0. The lowest BCUT2D eigenvalue weighted by Crippen LogP contribution is -2.57. The third-order valence-electron chi connectivity index (χ3n) is 9.31. The first-order valence-corrected chi connectivity index (χ1v) is 14.2. The van der Waals surface area contributed by atoms with Crippen LogP contribution in [-0.2, 0) is 5.41 Å². The Hall–Kier alpha value is -0.320. The fourth-order valence-corrected chi connectivity index (χ4v) is 9.54. The van der Waals surface area contributed by atoms with E-state index in [4.69, 9.17) is 11.2 Å². The molecule has 0 amide bonds. The minimum Gasteiger partial charge on any atom is -0.100 e. The Bertz CT molecular complexity index is 753. The van der Waals surface area contributed by atoms with Gasteiger partial charge in [0.2, 0.25) is 0 Å². The van der Waals surface area contributed by atoms with Crippen LogP contribution in [-0.4, -0.2) is 6.16 Å². The van der Waals surface area contributed by atoms with Crippen molar-refractivity contribution in [3.05, 3.63) is 41.5 Å². The zero-order valence-corrected chi connectivity index (χ0v) is 20.3. The summed E-state index contributed by atoms with van der Waals surface area (Å²) in [4.78, 5) is 0. The maximum absolute atomic E-state index is 6.18. The quantitative estimate of drug-likeness (QED) is 0.315. The zero-order valence-electron chi connectivity index (χ0n) is 18.5. The van der Waals surface area contributed by atoms with E-state index in [0.29, 0.717) is 13.3 Å². The molecule has 0 N–H and O–H groups in total. The molecule has 0 spiro atoms. The molecule has 0 aromatic heterocycles. The summed E-state index contributed by atoms with van der Waals surface area (Å²) < 4.78 is 0. The fourth-order valence-electron chi connectivity index (χ4n) is 8.80.